The number of nitrogens with zero attached hydrogens (tertiary/aromatic N) is 3. The minimum Gasteiger partial charge on any atom is -0.327 e. The van der Waals surface area contributed by atoms with Crippen LogP contribution in [-0.2, 0) is 6.42 Å². The second kappa shape index (κ2) is 5.70. The molecule has 0 amide bonds. The molecule has 0 fully saturated rings. The van der Waals surface area contributed by atoms with Crippen LogP contribution in [0.1, 0.15) is 38.9 Å². The van der Waals surface area contributed by atoms with Crippen LogP contribution in [0.4, 0.5) is 0 Å². The first-order chi connectivity index (χ1) is 6.72. The fourth-order valence-corrected chi connectivity index (χ4v) is 1.71. The standard InChI is InChI=1S/C9H19N5/c1-3-4-7(2)5-8(10)6-9-11-13-14-12-9/h7-8H,3-6,10H2,1-2H3,(H,11,12,13,14). The molecule has 0 aliphatic rings. The lowest BCUT2D eigenvalue weighted by molar-refractivity contribution is 0.428. The molecular weight excluding hydrogens is 178 g/mol. The Bertz CT molecular complexity index is 233. The van der Waals surface area contributed by atoms with Gasteiger partial charge in [-0.1, -0.05) is 31.9 Å². The van der Waals surface area contributed by atoms with Gasteiger partial charge in [0.1, 0.15) is 0 Å². The van der Waals surface area contributed by atoms with Gasteiger partial charge in [0, 0.05) is 12.5 Å². The molecule has 5 heteroatoms. The normalized spacial score (nSPS) is 15.4. The van der Waals surface area contributed by atoms with Gasteiger partial charge in [-0.15, -0.1) is 10.2 Å². The molecule has 0 aliphatic heterocycles. The van der Waals surface area contributed by atoms with Gasteiger partial charge >= 0.3 is 0 Å². The van der Waals surface area contributed by atoms with Gasteiger partial charge in [0.2, 0.25) is 0 Å². The summed E-state index contributed by atoms with van der Waals surface area (Å²) in [7, 11) is 0. The summed E-state index contributed by atoms with van der Waals surface area (Å²) in [4.78, 5) is 0. The molecule has 80 valence electrons. The molecule has 5 nitrogen and oxygen atoms in total. The zero-order valence-electron chi connectivity index (χ0n) is 8.90. The number of hydrogen-bond donors (Lipinski definition) is 2. The Morgan fingerprint density at radius 2 is 2.29 bits per heavy atom. The van der Waals surface area contributed by atoms with Crippen LogP contribution in [0.15, 0.2) is 0 Å². The molecular formula is C9H19N5. The van der Waals surface area contributed by atoms with Crippen LogP contribution >= 0.6 is 0 Å². The first-order valence-corrected chi connectivity index (χ1v) is 5.20. The van der Waals surface area contributed by atoms with Crippen molar-refractivity contribution in [1.29, 1.82) is 0 Å². The fraction of sp³-hybridized carbons (Fsp3) is 0.889. The Balaban J connectivity index is 2.25. The minimum atomic E-state index is 0.147. The monoisotopic (exact) mass is 197 g/mol. The highest BCUT2D eigenvalue weighted by atomic mass is 15.5. The van der Waals surface area contributed by atoms with E-state index in [9.17, 15) is 0 Å². The van der Waals surface area contributed by atoms with E-state index in [2.05, 4.69) is 34.5 Å². The summed E-state index contributed by atoms with van der Waals surface area (Å²) < 4.78 is 0. The minimum absolute atomic E-state index is 0.147. The highest BCUT2D eigenvalue weighted by molar-refractivity contribution is 4.82. The molecule has 3 N–H and O–H groups in total. The van der Waals surface area contributed by atoms with Crippen LogP contribution in [0.5, 0.6) is 0 Å². The van der Waals surface area contributed by atoms with Crippen LogP contribution in [0.3, 0.4) is 0 Å². The lowest BCUT2D eigenvalue weighted by Crippen LogP contribution is -2.26. The van der Waals surface area contributed by atoms with Crippen LogP contribution in [0.25, 0.3) is 0 Å². The number of nitrogens with two attached hydrogens (primary N) is 1. The highest BCUT2D eigenvalue weighted by Crippen LogP contribution is 2.12. The number of nitrogens with one attached hydrogen (secondary N) is 1. The Morgan fingerprint density at radius 1 is 1.50 bits per heavy atom. The van der Waals surface area contributed by atoms with Crippen molar-refractivity contribution in [1.82, 2.24) is 20.6 Å². The SMILES string of the molecule is CCCC(C)CC(N)Cc1nn[nH]n1. The van der Waals surface area contributed by atoms with E-state index in [0.717, 1.165) is 6.42 Å². The van der Waals surface area contributed by atoms with E-state index in [1.165, 1.54) is 12.8 Å². The predicted octanol–water partition coefficient (Wildman–Crippen LogP) is 0.896. The van der Waals surface area contributed by atoms with E-state index in [4.69, 9.17) is 5.73 Å². The first-order valence-electron chi connectivity index (χ1n) is 5.20. The summed E-state index contributed by atoms with van der Waals surface area (Å²) in [5.41, 5.74) is 5.97. The summed E-state index contributed by atoms with van der Waals surface area (Å²) in [5, 5.41) is 13.7. The van der Waals surface area contributed by atoms with E-state index in [0.29, 0.717) is 18.2 Å². The fourth-order valence-electron chi connectivity index (χ4n) is 1.71. The maximum Gasteiger partial charge on any atom is 0.176 e. The third-order valence-corrected chi connectivity index (χ3v) is 2.32. The van der Waals surface area contributed by atoms with Gasteiger partial charge in [-0.2, -0.15) is 5.21 Å². The van der Waals surface area contributed by atoms with Gasteiger partial charge < -0.3 is 5.73 Å². The molecule has 0 radical (unpaired) electrons. The van der Waals surface area contributed by atoms with E-state index >= 15 is 0 Å². The van der Waals surface area contributed by atoms with Gasteiger partial charge in [0.05, 0.1) is 0 Å². The van der Waals surface area contributed by atoms with Crippen molar-refractivity contribution in [2.75, 3.05) is 0 Å². The van der Waals surface area contributed by atoms with Gasteiger partial charge in [0.15, 0.2) is 5.82 Å². The van der Waals surface area contributed by atoms with Gasteiger partial charge in [-0.25, -0.2) is 0 Å². The Hall–Kier alpha value is -0.970. The molecule has 0 spiro atoms. The number of H-pyrrole nitrogens is 1. The molecule has 1 aromatic heterocycles. The van der Waals surface area contributed by atoms with E-state index in [1.54, 1.807) is 0 Å². The van der Waals surface area contributed by atoms with Crippen LogP contribution < -0.4 is 5.73 Å². The van der Waals surface area contributed by atoms with Crippen molar-refractivity contribution in [3.05, 3.63) is 5.82 Å². The quantitative estimate of drug-likeness (QED) is 0.710. The van der Waals surface area contributed by atoms with Gasteiger partial charge in [-0.05, 0) is 12.3 Å². The maximum absolute atomic E-state index is 5.97. The second-order valence-electron chi connectivity index (χ2n) is 3.92. The molecule has 0 aromatic carbocycles. The molecule has 0 bridgehead atoms. The second-order valence-corrected chi connectivity index (χ2v) is 3.92. The lowest BCUT2D eigenvalue weighted by atomic mass is 9.96. The van der Waals surface area contributed by atoms with E-state index < -0.39 is 0 Å². The van der Waals surface area contributed by atoms with Crippen LogP contribution in [0, 0.1) is 5.92 Å². The van der Waals surface area contributed by atoms with Gasteiger partial charge in [0.25, 0.3) is 0 Å². The molecule has 2 unspecified atom stereocenters. The molecule has 1 heterocycles. The Kier molecular flexibility index (Phi) is 4.52. The van der Waals surface area contributed by atoms with Crippen molar-refractivity contribution in [3.8, 4) is 0 Å². The number of rotatable bonds is 6. The molecule has 14 heavy (non-hydrogen) atoms. The average Bonchev–Trinajstić information content (AvgIpc) is 2.56. The zero-order chi connectivity index (χ0) is 10.4. The zero-order valence-corrected chi connectivity index (χ0v) is 8.90. The smallest absolute Gasteiger partial charge is 0.176 e. The summed E-state index contributed by atoms with van der Waals surface area (Å²) in [6, 6.07) is 0.147. The van der Waals surface area contributed by atoms with Crippen molar-refractivity contribution in [3.63, 3.8) is 0 Å². The van der Waals surface area contributed by atoms with Crippen molar-refractivity contribution < 1.29 is 0 Å². The third kappa shape index (κ3) is 3.83. The summed E-state index contributed by atoms with van der Waals surface area (Å²) in [6.07, 6.45) is 4.20. The number of aromatic nitrogens is 4. The van der Waals surface area contributed by atoms with Crippen molar-refractivity contribution >= 4 is 0 Å². The van der Waals surface area contributed by atoms with Gasteiger partial charge in [-0.3, -0.25) is 0 Å². The summed E-state index contributed by atoms with van der Waals surface area (Å²) >= 11 is 0. The number of hydrogen-bond acceptors (Lipinski definition) is 4. The van der Waals surface area contributed by atoms with Crippen LogP contribution in [-0.4, -0.2) is 26.7 Å². The highest BCUT2D eigenvalue weighted by Gasteiger charge is 2.11. The number of tetrazole rings is 1. The molecule has 2 atom stereocenters. The molecule has 1 aromatic rings. The molecule has 0 saturated carbocycles. The van der Waals surface area contributed by atoms with E-state index in [-0.39, 0.29) is 6.04 Å². The Labute approximate surface area is 84.5 Å². The van der Waals surface area contributed by atoms with Crippen molar-refractivity contribution in [2.45, 2.75) is 45.6 Å². The first kappa shape index (κ1) is 11.1. The summed E-state index contributed by atoms with van der Waals surface area (Å²) in [6.45, 7) is 4.43. The number of aromatic amines is 1. The lowest BCUT2D eigenvalue weighted by Gasteiger charge is -2.14. The third-order valence-electron chi connectivity index (χ3n) is 2.32. The maximum atomic E-state index is 5.97. The Morgan fingerprint density at radius 3 is 2.86 bits per heavy atom. The van der Waals surface area contributed by atoms with E-state index in [1.807, 2.05) is 0 Å². The summed E-state index contributed by atoms with van der Waals surface area (Å²) in [5.74, 6) is 1.39. The van der Waals surface area contributed by atoms with Crippen molar-refractivity contribution in [2.24, 2.45) is 11.7 Å². The largest absolute Gasteiger partial charge is 0.327 e. The molecule has 0 saturated heterocycles. The average molecular weight is 197 g/mol. The van der Waals surface area contributed by atoms with Crippen LogP contribution in [0.2, 0.25) is 0 Å². The molecule has 1 rings (SSSR count). The topological polar surface area (TPSA) is 80.5 Å². The molecule has 0 aliphatic carbocycles. The predicted molar refractivity (Wildman–Crippen MR) is 54.5 cm³/mol.